The van der Waals surface area contributed by atoms with E-state index in [-0.39, 0.29) is 18.0 Å². The molecule has 1 aliphatic heterocycles. The third-order valence-electron chi connectivity index (χ3n) is 3.26. The van der Waals surface area contributed by atoms with Crippen LogP contribution in [0.4, 0.5) is 13.2 Å². The fraction of sp³-hybridized carbons (Fsp3) is 0.462. The number of piperidine rings is 1. The van der Waals surface area contributed by atoms with E-state index in [0.717, 1.165) is 12.1 Å². The lowest BCUT2D eigenvalue weighted by atomic mass is 10.0. The van der Waals surface area contributed by atoms with Gasteiger partial charge in [0.05, 0.1) is 18.6 Å². The Labute approximate surface area is 126 Å². The predicted molar refractivity (Wildman–Crippen MR) is 72.7 cm³/mol. The number of hydrogen-bond donors (Lipinski definition) is 3. The molecule has 2 rings (SSSR count). The summed E-state index contributed by atoms with van der Waals surface area (Å²) in [4.78, 5) is 11.7. The van der Waals surface area contributed by atoms with Crippen molar-refractivity contribution in [2.45, 2.75) is 25.0 Å². The van der Waals surface area contributed by atoms with Crippen molar-refractivity contribution >= 4 is 18.3 Å². The van der Waals surface area contributed by atoms with Gasteiger partial charge in [0, 0.05) is 12.1 Å². The number of nitrogens with one attached hydrogen (secondary N) is 2. The van der Waals surface area contributed by atoms with Crippen LogP contribution >= 0.6 is 12.4 Å². The summed E-state index contributed by atoms with van der Waals surface area (Å²) in [5.74, 6) is -4.77. The highest BCUT2D eigenvalue weighted by molar-refractivity contribution is 5.85. The van der Waals surface area contributed by atoms with Gasteiger partial charge in [0.15, 0.2) is 17.5 Å². The molecule has 2 atom stereocenters. The van der Waals surface area contributed by atoms with Crippen LogP contribution in [0.15, 0.2) is 12.1 Å². The van der Waals surface area contributed by atoms with Gasteiger partial charge in [-0.2, -0.15) is 0 Å². The molecule has 1 saturated heterocycles. The molecular formula is C13H16ClF3N2O2. The summed E-state index contributed by atoms with van der Waals surface area (Å²) in [6.45, 7) is 1.02. The van der Waals surface area contributed by atoms with Crippen molar-refractivity contribution in [1.29, 1.82) is 0 Å². The van der Waals surface area contributed by atoms with Gasteiger partial charge in [-0.15, -0.1) is 12.4 Å². The molecule has 1 amide bonds. The molecule has 0 aromatic heterocycles. The molecule has 8 heteroatoms. The molecule has 1 heterocycles. The van der Waals surface area contributed by atoms with Gasteiger partial charge in [-0.25, -0.2) is 13.2 Å². The first-order valence-electron chi connectivity index (χ1n) is 6.29. The first-order valence-corrected chi connectivity index (χ1v) is 6.29. The number of aliphatic hydroxyl groups is 1. The molecule has 0 bridgehead atoms. The predicted octanol–water partition coefficient (Wildman–Crippen LogP) is 0.907. The van der Waals surface area contributed by atoms with Crippen molar-refractivity contribution in [3.63, 3.8) is 0 Å². The molecule has 4 nitrogen and oxygen atoms in total. The number of carbonyl (C=O) groups excluding carboxylic acids is 1. The van der Waals surface area contributed by atoms with Crippen molar-refractivity contribution in [3.8, 4) is 0 Å². The minimum absolute atomic E-state index is 0. The van der Waals surface area contributed by atoms with Crippen molar-refractivity contribution in [1.82, 2.24) is 10.6 Å². The molecule has 1 aromatic rings. The Balaban J connectivity index is 0.00000220. The summed E-state index contributed by atoms with van der Waals surface area (Å²) in [7, 11) is 0. The molecule has 0 aliphatic carbocycles. The van der Waals surface area contributed by atoms with Gasteiger partial charge < -0.3 is 15.7 Å². The minimum Gasteiger partial charge on any atom is -0.390 e. The second-order valence-corrected chi connectivity index (χ2v) is 4.75. The summed E-state index contributed by atoms with van der Waals surface area (Å²) in [5.41, 5.74) is -0.218. The molecule has 0 radical (unpaired) electrons. The topological polar surface area (TPSA) is 61.4 Å². The third-order valence-corrected chi connectivity index (χ3v) is 3.26. The molecule has 1 fully saturated rings. The van der Waals surface area contributed by atoms with Crippen LogP contribution < -0.4 is 10.6 Å². The van der Waals surface area contributed by atoms with Crippen LogP contribution in [0.2, 0.25) is 0 Å². The first kappa shape index (κ1) is 17.7. The van der Waals surface area contributed by atoms with Gasteiger partial charge in [-0.05, 0) is 19.0 Å². The lowest BCUT2D eigenvalue weighted by Crippen LogP contribution is -2.53. The fourth-order valence-corrected chi connectivity index (χ4v) is 2.14. The molecule has 3 N–H and O–H groups in total. The van der Waals surface area contributed by atoms with Crippen LogP contribution in [0.1, 0.15) is 12.0 Å². The van der Waals surface area contributed by atoms with E-state index in [2.05, 4.69) is 10.6 Å². The Hall–Kier alpha value is -1.31. The van der Waals surface area contributed by atoms with Crippen molar-refractivity contribution in [2.75, 3.05) is 13.1 Å². The number of β-amino-alcohol motifs (C(OH)–C–C–N with tert-alkyl or cyclic N) is 1. The molecule has 0 unspecified atom stereocenters. The number of carbonyl (C=O) groups is 1. The zero-order valence-corrected chi connectivity index (χ0v) is 11.9. The Morgan fingerprint density at radius 1 is 1.33 bits per heavy atom. The average Bonchev–Trinajstić information content (AvgIpc) is 2.42. The second kappa shape index (κ2) is 7.63. The van der Waals surface area contributed by atoms with Crippen LogP contribution in [-0.2, 0) is 11.2 Å². The van der Waals surface area contributed by atoms with Crippen LogP contribution in [0.3, 0.4) is 0 Å². The van der Waals surface area contributed by atoms with E-state index in [1.165, 1.54) is 0 Å². The third kappa shape index (κ3) is 4.33. The molecule has 0 spiro atoms. The lowest BCUT2D eigenvalue weighted by molar-refractivity contribution is -0.122. The highest BCUT2D eigenvalue weighted by Gasteiger charge is 2.25. The Bertz CT molecular complexity index is 516. The quantitative estimate of drug-likeness (QED) is 0.724. The van der Waals surface area contributed by atoms with E-state index in [0.29, 0.717) is 19.5 Å². The van der Waals surface area contributed by atoms with Gasteiger partial charge in [0.1, 0.15) is 0 Å². The summed E-state index contributed by atoms with van der Waals surface area (Å²) < 4.78 is 39.2. The van der Waals surface area contributed by atoms with E-state index in [1.54, 1.807) is 0 Å². The van der Waals surface area contributed by atoms with Crippen LogP contribution in [0.25, 0.3) is 0 Å². The van der Waals surface area contributed by atoms with Gasteiger partial charge >= 0.3 is 0 Å². The number of rotatable bonds is 3. The molecule has 1 aromatic carbocycles. The number of benzene rings is 1. The van der Waals surface area contributed by atoms with E-state index in [9.17, 15) is 23.1 Å². The summed E-state index contributed by atoms with van der Waals surface area (Å²) in [6, 6.07) is 1.39. The molecule has 21 heavy (non-hydrogen) atoms. The van der Waals surface area contributed by atoms with E-state index >= 15 is 0 Å². The number of aliphatic hydroxyl groups excluding tert-OH is 1. The number of amides is 1. The van der Waals surface area contributed by atoms with Gasteiger partial charge in [0.2, 0.25) is 5.91 Å². The highest BCUT2D eigenvalue weighted by Crippen LogP contribution is 2.16. The highest BCUT2D eigenvalue weighted by atomic mass is 35.5. The molecule has 1 aliphatic rings. The van der Waals surface area contributed by atoms with Crippen LogP contribution in [0, 0.1) is 17.5 Å². The smallest absolute Gasteiger partial charge is 0.224 e. The first-order chi connectivity index (χ1) is 9.49. The van der Waals surface area contributed by atoms with Crippen LogP contribution in [0.5, 0.6) is 0 Å². The van der Waals surface area contributed by atoms with Gasteiger partial charge in [-0.1, -0.05) is 6.07 Å². The standard InChI is InChI=1S/C13H15F3N2O2.ClH/c14-8-2-1-7(12(15)13(8)16)5-11(20)18-9-3-4-17-6-10(9)19;/h1-2,9-10,17,19H,3-6H2,(H,18,20);1H/t9-,10-;/m1./s1. The monoisotopic (exact) mass is 324 g/mol. The summed E-state index contributed by atoms with van der Waals surface area (Å²) in [6.07, 6.45) is -0.574. The SMILES string of the molecule is Cl.O=C(Cc1ccc(F)c(F)c1F)N[C@@H]1CCNC[C@H]1O. The maximum atomic E-state index is 13.4. The fourth-order valence-electron chi connectivity index (χ4n) is 2.14. The largest absolute Gasteiger partial charge is 0.390 e. The Morgan fingerprint density at radius 2 is 2.05 bits per heavy atom. The zero-order chi connectivity index (χ0) is 14.7. The van der Waals surface area contributed by atoms with Crippen LogP contribution in [-0.4, -0.2) is 36.2 Å². The zero-order valence-electron chi connectivity index (χ0n) is 11.0. The summed E-state index contributed by atoms with van der Waals surface area (Å²) >= 11 is 0. The van der Waals surface area contributed by atoms with Crippen molar-refractivity contribution in [3.05, 3.63) is 35.1 Å². The minimum atomic E-state index is -1.59. The number of hydrogen-bond acceptors (Lipinski definition) is 3. The van der Waals surface area contributed by atoms with Gasteiger partial charge in [-0.3, -0.25) is 4.79 Å². The maximum Gasteiger partial charge on any atom is 0.224 e. The van der Waals surface area contributed by atoms with E-state index in [1.807, 2.05) is 0 Å². The second-order valence-electron chi connectivity index (χ2n) is 4.75. The summed E-state index contributed by atoms with van der Waals surface area (Å²) in [5, 5.41) is 15.2. The Kier molecular flexibility index (Phi) is 6.44. The van der Waals surface area contributed by atoms with Crippen molar-refractivity contribution < 1.29 is 23.1 Å². The number of halogens is 4. The molecular weight excluding hydrogens is 309 g/mol. The van der Waals surface area contributed by atoms with E-state index < -0.39 is 41.9 Å². The van der Waals surface area contributed by atoms with Crippen molar-refractivity contribution in [2.24, 2.45) is 0 Å². The maximum absolute atomic E-state index is 13.4. The lowest BCUT2D eigenvalue weighted by Gasteiger charge is -2.29. The average molecular weight is 325 g/mol. The van der Waals surface area contributed by atoms with Gasteiger partial charge in [0.25, 0.3) is 0 Å². The molecule has 118 valence electrons. The molecule has 0 saturated carbocycles. The van der Waals surface area contributed by atoms with E-state index in [4.69, 9.17) is 0 Å². The normalized spacial score (nSPS) is 21.5. The Morgan fingerprint density at radius 3 is 2.71 bits per heavy atom.